The molecule has 0 fully saturated rings. The summed E-state index contributed by atoms with van der Waals surface area (Å²) >= 11 is 11.6. The molecular formula is C19H25Cl2NO4. The van der Waals surface area contributed by atoms with Gasteiger partial charge >= 0.3 is 5.97 Å². The van der Waals surface area contributed by atoms with Gasteiger partial charge in [0.25, 0.3) is 11.8 Å². The maximum Gasteiger partial charge on any atom is 0.311 e. The summed E-state index contributed by atoms with van der Waals surface area (Å²) in [5, 5.41) is 0. The molecule has 0 aromatic carbocycles. The lowest BCUT2D eigenvalue weighted by Gasteiger charge is -2.33. The summed E-state index contributed by atoms with van der Waals surface area (Å²) in [5.41, 5.74) is 0.519. The predicted molar refractivity (Wildman–Crippen MR) is 100 cm³/mol. The fraction of sp³-hybridized carbons (Fsp3) is 0.632. The minimum Gasteiger partial charge on any atom is -0.443 e. The van der Waals surface area contributed by atoms with Crippen LogP contribution in [0.4, 0.5) is 0 Å². The van der Waals surface area contributed by atoms with Crippen LogP contribution in [-0.2, 0) is 19.1 Å². The number of esters is 1. The van der Waals surface area contributed by atoms with Crippen molar-refractivity contribution < 1.29 is 19.1 Å². The van der Waals surface area contributed by atoms with Crippen LogP contribution < -0.4 is 0 Å². The maximum atomic E-state index is 12.7. The summed E-state index contributed by atoms with van der Waals surface area (Å²) in [6.45, 7) is 7.12. The second-order valence-corrected chi connectivity index (χ2v) is 8.78. The second kappa shape index (κ2) is 8.13. The van der Waals surface area contributed by atoms with Crippen LogP contribution in [0.2, 0.25) is 0 Å². The topological polar surface area (TPSA) is 63.7 Å². The van der Waals surface area contributed by atoms with E-state index in [1.807, 2.05) is 27.7 Å². The zero-order valence-corrected chi connectivity index (χ0v) is 17.1. The number of nitrogens with zero attached hydrogens (tertiary/aromatic N) is 1. The van der Waals surface area contributed by atoms with E-state index in [1.54, 1.807) is 6.08 Å². The van der Waals surface area contributed by atoms with Crippen molar-refractivity contribution in [1.82, 2.24) is 4.90 Å². The predicted octanol–water partition coefficient (Wildman–Crippen LogP) is 4.34. The molecule has 1 unspecified atom stereocenters. The summed E-state index contributed by atoms with van der Waals surface area (Å²) in [7, 11) is 0. The molecule has 2 rings (SSSR count). The van der Waals surface area contributed by atoms with Gasteiger partial charge in [0, 0.05) is 11.1 Å². The van der Waals surface area contributed by atoms with E-state index in [0.29, 0.717) is 24.0 Å². The van der Waals surface area contributed by atoms with Crippen molar-refractivity contribution in [2.24, 2.45) is 17.3 Å². The Hall–Kier alpha value is -1.33. The summed E-state index contributed by atoms with van der Waals surface area (Å²) in [5.74, 6) is -1.72. The Bertz CT molecular complexity index is 647. The first-order valence-corrected chi connectivity index (χ1v) is 9.60. The number of amides is 2. The molecule has 1 atom stereocenters. The van der Waals surface area contributed by atoms with Crippen LogP contribution in [0.25, 0.3) is 0 Å². The van der Waals surface area contributed by atoms with E-state index in [-0.39, 0.29) is 29.0 Å². The van der Waals surface area contributed by atoms with E-state index in [1.165, 1.54) is 0 Å². The second-order valence-electron chi connectivity index (χ2n) is 7.77. The van der Waals surface area contributed by atoms with E-state index in [4.69, 9.17) is 27.9 Å². The van der Waals surface area contributed by atoms with Gasteiger partial charge in [0.05, 0.1) is 5.92 Å². The molecule has 0 bridgehead atoms. The minimum absolute atomic E-state index is 0.0438. The summed E-state index contributed by atoms with van der Waals surface area (Å²) in [6, 6.07) is 0. The number of carbonyl (C=O) groups is 3. The first-order chi connectivity index (χ1) is 12.1. The van der Waals surface area contributed by atoms with Crippen LogP contribution in [0.15, 0.2) is 21.7 Å². The van der Waals surface area contributed by atoms with E-state index in [0.717, 1.165) is 17.7 Å². The number of ether oxygens (including phenoxy) is 1. The number of hydrogen-bond donors (Lipinski definition) is 0. The highest BCUT2D eigenvalue weighted by molar-refractivity contribution is 6.55. The highest BCUT2D eigenvalue weighted by Gasteiger charge is 2.41. The highest BCUT2D eigenvalue weighted by Crippen LogP contribution is 2.38. The van der Waals surface area contributed by atoms with Crippen LogP contribution in [-0.4, -0.2) is 29.4 Å². The number of carbonyl (C=O) groups excluding carboxylic acids is 3. The molecule has 0 saturated carbocycles. The highest BCUT2D eigenvalue weighted by atomic mass is 35.5. The van der Waals surface area contributed by atoms with Gasteiger partial charge in [0.2, 0.25) is 0 Å². The number of halogens is 2. The Morgan fingerprint density at radius 2 is 1.65 bits per heavy atom. The van der Waals surface area contributed by atoms with Gasteiger partial charge in [0.1, 0.15) is 4.49 Å². The van der Waals surface area contributed by atoms with Crippen molar-refractivity contribution in [3.05, 3.63) is 21.7 Å². The van der Waals surface area contributed by atoms with Crippen molar-refractivity contribution in [3.8, 4) is 0 Å². The molecule has 1 aliphatic carbocycles. The monoisotopic (exact) mass is 401 g/mol. The molecule has 0 saturated heterocycles. The fourth-order valence-electron chi connectivity index (χ4n) is 3.94. The van der Waals surface area contributed by atoms with Gasteiger partial charge in [-0.15, -0.1) is 0 Å². The van der Waals surface area contributed by atoms with Crippen molar-refractivity contribution in [1.29, 1.82) is 0 Å². The molecule has 1 aliphatic heterocycles. The van der Waals surface area contributed by atoms with Crippen LogP contribution in [0.3, 0.4) is 0 Å². The molecule has 1 heterocycles. The summed E-state index contributed by atoms with van der Waals surface area (Å²) < 4.78 is 5.45. The van der Waals surface area contributed by atoms with Crippen molar-refractivity contribution in [2.45, 2.75) is 53.4 Å². The zero-order chi connectivity index (χ0) is 19.6. The van der Waals surface area contributed by atoms with Gasteiger partial charge in [-0.25, -0.2) is 4.90 Å². The molecule has 2 amide bonds. The third-order valence-corrected chi connectivity index (χ3v) is 5.23. The summed E-state index contributed by atoms with van der Waals surface area (Å²) in [6.07, 6.45) is 4.64. The largest absolute Gasteiger partial charge is 0.443 e. The number of allylic oxidation sites excluding steroid dienone is 1. The molecule has 2 aliphatic rings. The molecule has 7 heteroatoms. The average molecular weight is 402 g/mol. The number of rotatable bonds is 6. The van der Waals surface area contributed by atoms with Gasteiger partial charge in [-0.3, -0.25) is 14.4 Å². The maximum absolute atomic E-state index is 12.7. The first-order valence-electron chi connectivity index (χ1n) is 8.85. The van der Waals surface area contributed by atoms with Gasteiger partial charge in [-0.2, -0.15) is 0 Å². The molecule has 0 spiro atoms. The van der Waals surface area contributed by atoms with Crippen molar-refractivity contribution in [2.75, 3.05) is 6.73 Å². The molecule has 144 valence electrons. The lowest BCUT2D eigenvalue weighted by molar-refractivity contribution is -0.162. The standard InChI is InChI=1S/C19H25Cl2NO4/c1-11(2)15(19(3,4)9-14(20)21)18(25)26-10-22-16(23)12-7-5-6-8-13(12)17(22)24/h9,11,15H,5-8,10H2,1-4H3. The van der Waals surface area contributed by atoms with E-state index < -0.39 is 17.3 Å². The first kappa shape index (κ1) is 21.0. The number of hydrogen-bond acceptors (Lipinski definition) is 4. The van der Waals surface area contributed by atoms with E-state index in [9.17, 15) is 14.4 Å². The SMILES string of the molecule is CC(C)C(C(=O)OCN1C(=O)C2=C(CCCC2)C1=O)C(C)(C)C=C(Cl)Cl. The molecule has 5 nitrogen and oxygen atoms in total. The van der Waals surface area contributed by atoms with Crippen molar-refractivity contribution >= 4 is 41.0 Å². The smallest absolute Gasteiger partial charge is 0.311 e. The van der Waals surface area contributed by atoms with Crippen LogP contribution in [0.5, 0.6) is 0 Å². The molecule has 0 aromatic heterocycles. The van der Waals surface area contributed by atoms with Crippen molar-refractivity contribution in [3.63, 3.8) is 0 Å². The molecular weight excluding hydrogens is 377 g/mol. The quantitative estimate of drug-likeness (QED) is 0.490. The molecule has 0 N–H and O–H groups in total. The minimum atomic E-state index is -0.638. The number of imide groups is 1. The lowest BCUT2D eigenvalue weighted by atomic mass is 9.73. The Balaban J connectivity index is 2.08. The van der Waals surface area contributed by atoms with Gasteiger partial charge in [-0.05, 0) is 43.1 Å². The molecule has 0 radical (unpaired) electrons. The van der Waals surface area contributed by atoms with Crippen LogP contribution in [0.1, 0.15) is 53.4 Å². The lowest BCUT2D eigenvalue weighted by Crippen LogP contribution is -2.40. The van der Waals surface area contributed by atoms with E-state index >= 15 is 0 Å². The average Bonchev–Trinajstić information content (AvgIpc) is 2.75. The van der Waals surface area contributed by atoms with Gasteiger partial charge in [-0.1, -0.05) is 50.9 Å². The third kappa shape index (κ3) is 4.32. The van der Waals surface area contributed by atoms with Crippen LogP contribution in [0, 0.1) is 17.3 Å². The van der Waals surface area contributed by atoms with Gasteiger partial charge in [0.15, 0.2) is 6.73 Å². The zero-order valence-electron chi connectivity index (χ0n) is 15.6. The fourth-order valence-corrected chi connectivity index (χ4v) is 4.50. The Labute approximate surface area is 164 Å². The van der Waals surface area contributed by atoms with Gasteiger partial charge < -0.3 is 4.74 Å². The van der Waals surface area contributed by atoms with E-state index in [2.05, 4.69) is 0 Å². The molecule has 0 aromatic rings. The third-order valence-electron chi connectivity index (χ3n) is 5.01. The Kier molecular flexibility index (Phi) is 6.56. The Morgan fingerprint density at radius 3 is 2.08 bits per heavy atom. The Morgan fingerprint density at radius 1 is 1.15 bits per heavy atom. The van der Waals surface area contributed by atoms with Crippen LogP contribution >= 0.6 is 23.2 Å². The summed E-state index contributed by atoms with van der Waals surface area (Å²) in [4.78, 5) is 38.6. The molecule has 26 heavy (non-hydrogen) atoms. The normalized spacial score (nSPS) is 19.0.